The van der Waals surface area contributed by atoms with Gasteiger partial charge < -0.3 is 4.74 Å². The molecule has 0 spiro atoms. The van der Waals surface area contributed by atoms with Crippen LogP contribution in [0.5, 0.6) is 0 Å². The smallest absolute Gasteiger partial charge is 0.0773 e. The first-order chi connectivity index (χ1) is 20.9. The zero-order valence-electron chi connectivity index (χ0n) is 23.2. The highest BCUT2D eigenvalue weighted by Gasteiger charge is 2.56. The van der Waals surface area contributed by atoms with Crippen molar-refractivity contribution in [3.63, 3.8) is 0 Å². The molecule has 0 bridgehead atoms. The minimum Gasteiger partial charge on any atom is -0.372 e. The van der Waals surface area contributed by atoms with Crippen LogP contribution in [0.15, 0.2) is 158 Å². The summed E-state index contributed by atoms with van der Waals surface area (Å²) in [5.41, 5.74) is 8.30. The molecule has 0 saturated heterocycles. The molecule has 0 amide bonds. The number of ether oxygens (including phenoxy) is 1. The van der Waals surface area contributed by atoms with E-state index < -0.39 is 15.8 Å². The van der Waals surface area contributed by atoms with Crippen molar-refractivity contribution in [2.75, 3.05) is 0 Å². The van der Waals surface area contributed by atoms with Gasteiger partial charge in [-0.05, 0) is 70.4 Å². The van der Waals surface area contributed by atoms with E-state index in [-0.39, 0.29) is 4.90 Å². The Hall–Kier alpha value is -3.86. The van der Waals surface area contributed by atoms with Crippen molar-refractivity contribution in [2.24, 2.45) is 0 Å². The first kappa shape index (κ1) is 25.8. The van der Waals surface area contributed by atoms with E-state index in [2.05, 4.69) is 158 Å². The van der Waals surface area contributed by atoms with Gasteiger partial charge >= 0.3 is 0 Å². The second-order valence-electron chi connectivity index (χ2n) is 10.9. The van der Waals surface area contributed by atoms with Crippen LogP contribution in [0.3, 0.4) is 0 Å². The third-order valence-electron chi connectivity index (χ3n) is 8.52. The Balaban J connectivity index is 1.60. The predicted octanol–water partition coefficient (Wildman–Crippen LogP) is 8.16. The highest BCUT2D eigenvalue weighted by atomic mass is 31.2. The number of hydrogen-bond donors (Lipinski definition) is 0. The molecule has 0 N–H and O–H groups in total. The van der Waals surface area contributed by atoms with E-state index in [0.717, 1.165) is 0 Å². The molecule has 2 aliphatic rings. The average Bonchev–Trinajstić information content (AvgIpc) is 3.21. The molecule has 0 unspecified atom stereocenters. The molecule has 0 atom stereocenters. The molecule has 0 aromatic heterocycles. The Kier molecular flexibility index (Phi) is 6.62. The van der Waals surface area contributed by atoms with E-state index >= 15 is 0 Å². The zero-order valence-corrected chi connectivity index (χ0v) is 25.0. The quantitative estimate of drug-likeness (QED) is 0.182. The maximum Gasteiger partial charge on any atom is 0.0773 e. The van der Waals surface area contributed by atoms with Crippen molar-refractivity contribution in [2.45, 2.75) is 18.1 Å². The fourth-order valence-corrected chi connectivity index (χ4v) is 14.8. The molecule has 3 heteroatoms. The summed E-state index contributed by atoms with van der Waals surface area (Å²) < 4.78 is 6.27. The topological polar surface area (TPSA) is 9.23 Å². The van der Waals surface area contributed by atoms with Crippen LogP contribution in [0.25, 0.3) is 11.1 Å². The number of benzene rings is 6. The molecule has 0 fully saturated rings. The first-order valence-electron chi connectivity index (χ1n) is 14.5. The fourth-order valence-electron chi connectivity index (χ4n) is 6.96. The van der Waals surface area contributed by atoms with E-state index in [1.54, 1.807) is 0 Å². The normalized spacial score (nSPS) is 14.5. The molecule has 8 rings (SSSR count). The SMILES string of the molecule is c1ccc(P(c2ccccc2)C2(P(c3ccccc3)c3ccccc3)c3cccc4c3-c3c(cccc32)COC4)cc1. The van der Waals surface area contributed by atoms with E-state index in [9.17, 15) is 0 Å². The first-order valence-corrected chi connectivity index (χ1v) is 17.2. The van der Waals surface area contributed by atoms with Crippen LogP contribution in [0.4, 0.5) is 0 Å². The van der Waals surface area contributed by atoms with Crippen molar-refractivity contribution < 1.29 is 4.74 Å². The summed E-state index contributed by atoms with van der Waals surface area (Å²) in [7, 11) is -1.83. The van der Waals surface area contributed by atoms with Crippen LogP contribution in [0.2, 0.25) is 0 Å². The summed E-state index contributed by atoms with van der Waals surface area (Å²) in [5, 5.41) is 5.61. The monoisotopic (exact) mass is 576 g/mol. The van der Waals surface area contributed by atoms with Gasteiger partial charge in [0.2, 0.25) is 0 Å². The molecule has 1 aliphatic heterocycles. The number of hydrogen-bond acceptors (Lipinski definition) is 1. The lowest BCUT2D eigenvalue weighted by Gasteiger charge is -2.47. The summed E-state index contributed by atoms with van der Waals surface area (Å²) in [6.07, 6.45) is 0. The maximum atomic E-state index is 6.27. The van der Waals surface area contributed by atoms with Crippen LogP contribution >= 0.6 is 15.8 Å². The lowest BCUT2D eigenvalue weighted by atomic mass is 9.97. The molecular formula is C39H30OP2. The molecule has 1 aliphatic carbocycles. The van der Waals surface area contributed by atoms with E-state index in [1.165, 1.54) is 54.6 Å². The molecule has 0 saturated carbocycles. The minimum absolute atomic E-state index is 0.301. The Morgan fingerprint density at radius 1 is 0.381 bits per heavy atom. The highest BCUT2D eigenvalue weighted by Crippen LogP contribution is 2.78. The van der Waals surface area contributed by atoms with Gasteiger partial charge in [-0.25, -0.2) is 0 Å². The molecule has 6 aromatic carbocycles. The van der Waals surface area contributed by atoms with Crippen LogP contribution in [0, 0.1) is 0 Å². The van der Waals surface area contributed by atoms with Crippen molar-refractivity contribution in [1.29, 1.82) is 0 Å². The summed E-state index contributed by atoms with van der Waals surface area (Å²) in [5.74, 6) is 0. The summed E-state index contributed by atoms with van der Waals surface area (Å²) in [4.78, 5) is -0.301. The van der Waals surface area contributed by atoms with Crippen LogP contribution < -0.4 is 21.2 Å². The van der Waals surface area contributed by atoms with Crippen LogP contribution in [-0.4, -0.2) is 0 Å². The van der Waals surface area contributed by atoms with Gasteiger partial charge in [0.15, 0.2) is 0 Å². The highest BCUT2D eigenvalue weighted by molar-refractivity contribution is 7.90. The predicted molar refractivity (Wildman–Crippen MR) is 179 cm³/mol. The zero-order chi connectivity index (χ0) is 27.9. The van der Waals surface area contributed by atoms with Crippen molar-refractivity contribution in [1.82, 2.24) is 0 Å². The third-order valence-corrected chi connectivity index (χ3v) is 15.2. The lowest BCUT2D eigenvalue weighted by Crippen LogP contribution is -2.37. The Morgan fingerprint density at radius 3 is 1.05 bits per heavy atom. The van der Waals surface area contributed by atoms with E-state index in [1.807, 2.05) is 0 Å². The summed E-state index contributed by atoms with van der Waals surface area (Å²) in [6, 6.07) is 59.2. The van der Waals surface area contributed by atoms with Crippen molar-refractivity contribution in [3.8, 4) is 11.1 Å². The minimum atomic E-state index is -0.914. The standard InChI is InChI=1S/C39H30OP2/c1-5-17-31(18-6-1)41(32-19-7-2-8-20-32)39(42(33-21-9-3-10-22-33)34-23-11-4-12-24-34)35-25-13-15-29-27-40-28-30-16-14-26-36(39)38(30)37(29)35/h1-26H,27-28H2. The molecule has 6 aromatic rings. The summed E-state index contributed by atoms with van der Waals surface area (Å²) in [6.45, 7) is 1.27. The number of rotatable bonds is 6. The summed E-state index contributed by atoms with van der Waals surface area (Å²) >= 11 is 0. The molecular weight excluding hydrogens is 546 g/mol. The van der Waals surface area contributed by atoms with Crippen molar-refractivity contribution in [3.05, 3.63) is 180 Å². The van der Waals surface area contributed by atoms with E-state index in [0.29, 0.717) is 13.2 Å². The Morgan fingerprint density at radius 2 is 0.714 bits per heavy atom. The Labute approximate surface area is 250 Å². The van der Waals surface area contributed by atoms with Gasteiger partial charge in [-0.3, -0.25) is 0 Å². The van der Waals surface area contributed by atoms with Crippen LogP contribution in [-0.2, 0) is 22.8 Å². The molecule has 42 heavy (non-hydrogen) atoms. The average molecular weight is 577 g/mol. The van der Waals surface area contributed by atoms with Gasteiger partial charge in [-0.1, -0.05) is 158 Å². The molecule has 0 radical (unpaired) electrons. The van der Waals surface area contributed by atoms with Gasteiger partial charge in [-0.2, -0.15) is 0 Å². The maximum absolute atomic E-state index is 6.27. The van der Waals surface area contributed by atoms with Crippen LogP contribution in [0.1, 0.15) is 22.3 Å². The lowest BCUT2D eigenvalue weighted by molar-refractivity contribution is 0.109. The van der Waals surface area contributed by atoms with Crippen molar-refractivity contribution >= 4 is 37.1 Å². The van der Waals surface area contributed by atoms with E-state index in [4.69, 9.17) is 4.74 Å². The largest absolute Gasteiger partial charge is 0.372 e. The van der Waals surface area contributed by atoms with Gasteiger partial charge in [0.1, 0.15) is 0 Å². The molecule has 1 nitrogen and oxygen atoms in total. The van der Waals surface area contributed by atoms with Gasteiger partial charge in [0, 0.05) is 0 Å². The van der Waals surface area contributed by atoms with Gasteiger partial charge in [0.25, 0.3) is 0 Å². The second-order valence-corrected chi connectivity index (χ2v) is 16.0. The molecule has 1 heterocycles. The fraction of sp³-hybridized carbons (Fsp3) is 0.0769. The van der Waals surface area contributed by atoms with Gasteiger partial charge in [-0.15, -0.1) is 0 Å². The second kappa shape index (κ2) is 10.8. The van der Waals surface area contributed by atoms with Gasteiger partial charge in [0.05, 0.1) is 18.1 Å². The third kappa shape index (κ3) is 3.96. The Bertz CT molecular complexity index is 1640. The molecule has 202 valence electrons.